The molecule has 0 saturated carbocycles. The van der Waals surface area contributed by atoms with Gasteiger partial charge in [0.15, 0.2) is 0 Å². The second-order valence-corrected chi connectivity index (χ2v) is 4.17. The van der Waals surface area contributed by atoms with E-state index in [1.54, 1.807) is 6.20 Å². The Hall–Kier alpha value is -2.10. The van der Waals surface area contributed by atoms with Crippen LogP contribution in [-0.2, 0) is 17.8 Å². The smallest absolute Gasteiger partial charge is 0.228 e. The van der Waals surface area contributed by atoms with E-state index < -0.39 is 0 Å². The third-order valence-corrected chi connectivity index (χ3v) is 2.88. The predicted molar refractivity (Wildman–Crippen MR) is 71.4 cm³/mol. The van der Waals surface area contributed by atoms with Crippen LogP contribution in [0, 0.1) is 6.92 Å². The van der Waals surface area contributed by atoms with Crippen LogP contribution < -0.4 is 5.32 Å². The Balaban J connectivity index is 2.01. The molecule has 2 rings (SSSR count). The normalized spacial score (nSPS) is 10.3. The SMILES string of the molecule is CCn1ncc(NC(=O)Cc2ccccc2)c1C. The van der Waals surface area contributed by atoms with Gasteiger partial charge in [-0.05, 0) is 19.4 Å². The van der Waals surface area contributed by atoms with Gasteiger partial charge in [-0.15, -0.1) is 0 Å². The molecule has 1 N–H and O–H groups in total. The van der Waals surface area contributed by atoms with E-state index in [9.17, 15) is 4.79 Å². The first-order valence-electron chi connectivity index (χ1n) is 6.07. The lowest BCUT2D eigenvalue weighted by molar-refractivity contribution is -0.115. The Labute approximate surface area is 107 Å². The van der Waals surface area contributed by atoms with Gasteiger partial charge in [-0.3, -0.25) is 9.48 Å². The van der Waals surface area contributed by atoms with Crippen molar-refractivity contribution >= 4 is 11.6 Å². The number of hydrogen-bond donors (Lipinski definition) is 1. The fourth-order valence-corrected chi connectivity index (χ4v) is 1.86. The van der Waals surface area contributed by atoms with E-state index >= 15 is 0 Å². The Morgan fingerprint density at radius 1 is 1.33 bits per heavy atom. The van der Waals surface area contributed by atoms with Gasteiger partial charge in [0.05, 0.1) is 24.0 Å². The van der Waals surface area contributed by atoms with Crippen molar-refractivity contribution in [2.24, 2.45) is 0 Å². The van der Waals surface area contributed by atoms with E-state index in [1.165, 1.54) is 0 Å². The largest absolute Gasteiger partial charge is 0.323 e. The summed E-state index contributed by atoms with van der Waals surface area (Å²) in [4.78, 5) is 11.9. The summed E-state index contributed by atoms with van der Waals surface area (Å²) in [6, 6.07) is 9.70. The molecule has 1 amide bonds. The summed E-state index contributed by atoms with van der Waals surface area (Å²) < 4.78 is 1.86. The molecule has 18 heavy (non-hydrogen) atoms. The molecule has 0 aliphatic rings. The number of carbonyl (C=O) groups is 1. The highest BCUT2D eigenvalue weighted by Crippen LogP contribution is 2.13. The molecule has 0 radical (unpaired) electrons. The molecule has 1 heterocycles. The number of carbonyl (C=O) groups excluding carboxylic acids is 1. The molecule has 0 fully saturated rings. The molecule has 4 nitrogen and oxygen atoms in total. The summed E-state index contributed by atoms with van der Waals surface area (Å²) in [6.07, 6.45) is 2.08. The molecule has 1 aromatic heterocycles. The monoisotopic (exact) mass is 243 g/mol. The maximum atomic E-state index is 11.9. The minimum absolute atomic E-state index is 0.0139. The van der Waals surface area contributed by atoms with Crippen LogP contribution >= 0.6 is 0 Å². The molecular weight excluding hydrogens is 226 g/mol. The Bertz CT molecular complexity index is 531. The molecule has 0 saturated heterocycles. The van der Waals surface area contributed by atoms with Crippen molar-refractivity contribution in [3.8, 4) is 0 Å². The van der Waals surface area contributed by atoms with Crippen molar-refractivity contribution in [2.45, 2.75) is 26.8 Å². The first kappa shape index (κ1) is 12.4. The molecule has 0 aliphatic carbocycles. The van der Waals surface area contributed by atoms with Gasteiger partial charge in [0.1, 0.15) is 0 Å². The number of benzene rings is 1. The number of aryl methyl sites for hydroxylation is 1. The van der Waals surface area contributed by atoms with Gasteiger partial charge < -0.3 is 5.32 Å². The van der Waals surface area contributed by atoms with Gasteiger partial charge >= 0.3 is 0 Å². The second kappa shape index (κ2) is 5.49. The van der Waals surface area contributed by atoms with Gasteiger partial charge in [-0.25, -0.2) is 0 Å². The second-order valence-electron chi connectivity index (χ2n) is 4.17. The zero-order chi connectivity index (χ0) is 13.0. The molecule has 4 heteroatoms. The topological polar surface area (TPSA) is 46.9 Å². The summed E-state index contributed by atoms with van der Waals surface area (Å²) in [6.45, 7) is 4.78. The van der Waals surface area contributed by atoms with Crippen molar-refractivity contribution in [3.05, 3.63) is 47.8 Å². The molecule has 0 unspecified atom stereocenters. The van der Waals surface area contributed by atoms with Crippen molar-refractivity contribution in [2.75, 3.05) is 5.32 Å². The average Bonchev–Trinajstić information content (AvgIpc) is 2.71. The van der Waals surface area contributed by atoms with Crippen LogP contribution in [0.5, 0.6) is 0 Å². The van der Waals surface area contributed by atoms with Crippen LogP contribution in [0.15, 0.2) is 36.5 Å². The quantitative estimate of drug-likeness (QED) is 0.896. The first-order valence-corrected chi connectivity index (χ1v) is 6.07. The van der Waals surface area contributed by atoms with E-state index in [0.717, 1.165) is 23.5 Å². The lowest BCUT2D eigenvalue weighted by atomic mass is 10.1. The van der Waals surface area contributed by atoms with E-state index in [1.807, 2.05) is 48.9 Å². The van der Waals surface area contributed by atoms with Crippen LogP contribution in [0.3, 0.4) is 0 Å². The maximum absolute atomic E-state index is 11.9. The Morgan fingerprint density at radius 3 is 2.67 bits per heavy atom. The van der Waals surface area contributed by atoms with Crippen LogP contribution in [0.1, 0.15) is 18.2 Å². The number of amides is 1. The summed E-state index contributed by atoms with van der Waals surface area (Å²) in [5.74, 6) is -0.0139. The molecule has 0 bridgehead atoms. The van der Waals surface area contributed by atoms with Crippen LogP contribution in [0.2, 0.25) is 0 Å². The number of hydrogen-bond acceptors (Lipinski definition) is 2. The highest BCUT2D eigenvalue weighted by molar-refractivity contribution is 5.92. The van der Waals surface area contributed by atoms with Gasteiger partial charge in [-0.2, -0.15) is 5.10 Å². The fourth-order valence-electron chi connectivity index (χ4n) is 1.86. The molecule has 0 spiro atoms. The summed E-state index contributed by atoms with van der Waals surface area (Å²) >= 11 is 0. The first-order chi connectivity index (χ1) is 8.70. The molecule has 0 aliphatic heterocycles. The Kier molecular flexibility index (Phi) is 3.77. The average molecular weight is 243 g/mol. The van der Waals surface area contributed by atoms with Gasteiger partial charge in [-0.1, -0.05) is 30.3 Å². The number of aromatic nitrogens is 2. The van der Waals surface area contributed by atoms with Crippen molar-refractivity contribution in [1.82, 2.24) is 9.78 Å². The van der Waals surface area contributed by atoms with Gasteiger partial charge in [0.2, 0.25) is 5.91 Å². The third-order valence-electron chi connectivity index (χ3n) is 2.88. The minimum Gasteiger partial charge on any atom is -0.323 e. The highest BCUT2D eigenvalue weighted by atomic mass is 16.1. The number of anilines is 1. The Morgan fingerprint density at radius 2 is 2.06 bits per heavy atom. The van der Waals surface area contributed by atoms with E-state index in [2.05, 4.69) is 10.4 Å². The standard InChI is InChI=1S/C14H17N3O/c1-3-17-11(2)13(10-15-17)16-14(18)9-12-7-5-4-6-8-12/h4-8,10H,3,9H2,1-2H3,(H,16,18). The van der Waals surface area contributed by atoms with E-state index in [-0.39, 0.29) is 5.91 Å². The van der Waals surface area contributed by atoms with Crippen molar-refractivity contribution in [1.29, 1.82) is 0 Å². The number of nitrogens with one attached hydrogen (secondary N) is 1. The number of rotatable bonds is 4. The zero-order valence-corrected chi connectivity index (χ0v) is 10.7. The van der Waals surface area contributed by atoms with Crippen LogP contribution in [0.4, 0.5) is 5.69 Å². The molecule has 94 valence electrons. The summed E-state index contributed by atoms with van der Waals surface area (Å²) in [5.41, 5.74) is 2.78. The van der Waals surface area contributed by atoms with E-state index in [4.69, 9.17) is 0 Å². The zero-order valence-electron chi connectivity index (χ0n) is 10.7. The summed E-state index contributed by atoms with van der Waals surface area (Å²) in [5, 5.41) is 7.09. The maximum Gasteiger partial charge on any atom is 0.228 e. The summed E-state index contributed by atoms with van der Waals surface area (Å²) in [7, 11) is 0. The molecule has 0 atom stereocenters. The van der Waals surface area contributed by atoms with Crippen molar-refractivity contribution < 1.29 is 4.79 Å². The minimum atomic E-state index is -0.0139. The molecular formula is C14H17N3O. The lowest BCUT2D eigenvalue weighted by Crippen LogP contribution is -2.14. The van der Waals surface area contributed by atoms with E-state index in [0.29, 0.717) is 6.42 Å². The van der Waals surface area contributed by atoms with Gasteiger partial charge in [0.25, 0.3) is 0 Å². The van der Waals surface area contributed by atoms with Crippen LogP contribution in [-0.4, -0.2) is 15.7 Å². The lowest BCUT2D eigenvalue weighted by Gasteiger charge is -2.05. The highest BCUT2D eigenvalue weighted by Gasteiger charge is 2.09. The number of nitrogens with zero attached hydrogens (tertiary/aromatic N) is 2. The molecule has 1 aromatic carbocycles. The third kappa shape index (κ3) is 2.77. The molecule has 2 aromatic rings. The predicted octanol–water partition coefficient (Wildman–Crippen LogP) is 2.39. The fraction of sp³-hybridized carbons (Fsp3) is 0.286. The van der Waals surface area contributed by atoms with Crippen molar-refractivity contribution in [3.63, 3.8) is 0 Å². The van der Waals surface area contributed by atoms with Gasteiger partial charge in [0, 0.05) is 6.54 Å². The van der Waals surface area contributed by atoms with Crippen LogP contribution in [0.25, 0.3) is 0 Å².